The van der Waals surface area contributed by atoms with E-state index < -0.39 is 0 Å². The second kappa shape index (κ2) is 6.54. The molecule has 0 amide bonds. The molecule has 0 radical (unpaired) electrons. The minimum absolute atomic E-state index is 0.0751. The number of benzene rings is 3. The van der Waals surface area contributed by atoms with Crippen LogP contribution in [0.4, 0.5) is 0 Å². The van der Waals surface area contributed by atoms with E-state index in [0.29, 0.717) is 11.3 Å². The molecule has 0 aliphatic heterocycles. The Morgan fingerprint density at radius 2 is 1.21 bits per heavy atom. The average molecular weight is 322 g/mol. The van der Waals surface area contributed by atoms with Gasteiger partial charge in [0.25, 0.3) is 0 Å². The molecule has 4 heteroatoms. The average Bonchev–Trinajstić information content (AvgIpc) is 2.60. The second-order valence-electron chi connectivity index (χ2n) is 5.51. The van der Waals surface area contributed by atoms with Crippen LogP contribution in [0.1, 0.15) is 22.6 Å². The third-order valence-electron chi connectivity index (χ3n) is 4.01. The highest BCUT2D eigenvalue weighted by molar-refractivity contribution is 5.54. The second-order valence-corrected chi connectivity index (χ2v) is 5.51. The quantitative estimate of drug-likeness (QED) is 0.635. The van der Waals surface area contributed by atoms with Crippen LogP contribution in [0.5, 0.6) is 23.0 Å². The van der Waals surface area contributed by atoms with Crippen LogP contribution in [0.2, 0.25) is 0 Å². The van der Waals surface area contributed by atoms with Crippen molar-refractivity contribution in [1.29, 1.82) is 0 Å². The summed E-state index contributed by atoms with van der Waals surface area (Å²) >= 11 is 0. The zero-order chi connectivity index (χ0) is 17.1. The molecule has 0 unspecified atom stereocenters. The molecule has 0 aliphatic rings. The van der Waals surface area contributed by atoms with Gasteiger partial charge in [0.15, 0.2) is 11.5 Å². The molecule has 3 N–H and O–H groups in total. The summed E-state index contributed by atoms with van der Waals surface area (Å²) in [6, 6.07) is 19.0. The standard InChI is InChI=1S/C20H18O4/c1-24-18-4-2-3-17(20(18)23)19(13-5-9-15(21)10-6-13)14-7-11-16(22)12-8-14/h2-12,19,21-23H,1H3. The minimum Gasteiger partial charge on any atom is -0.508 e. The number of hydrogen-bond acceptors (Lipinski definition) is 4. The molecule has 3 aromatic carbocycles. The highest BCUT2D eigenvalue weighted by Crippen LogP contribution is 2.41. The Morgan fingerprint density at radius 3 is 1.67 bits per heavy atom. The van der Waals surface area contributed by atoms with Crippen LogP contribution in [0.3, 0.4) is 0 Å². The zero-order valence-corrected chi connectivity index (χ0v) is 13.2. The molecule has 3 rings (SSSR count). The van der Waals surface area contributed by atoms with Gasteiger partial charge in [-0.15, -0.1) is 0 Å². The van der Waals surface area contributed by atoms with E-state index in [4.69, 9.17) is 4.74 Å². The van der Waals surface area contributed by atoms with Crippen molar-refractivity contribution in [1.82, 2.24) is 0 Å². The largest absolute Gasteiger partial charge is 0.508 e. The molecule has 0 heterocycles. The Balaban J connectivity index is 2.18. The van der Waals surface area contributed by atoms with E-state index in [1.807, 2.05) is 36.4 Å². The molecule has 0 aromatic heterocycles. The minimum atomic E-state index is -0.263. The fraction of sp³-hybridized carbons (Fsp3) is 0.100. The van der Waals surface area contributed by atoms with Crippen LogP contribution in [-0.2, 0) is 0 Å². The summed E-state index contributed by atoms with van der Waals surface area (Å²) in [4.78, 5) is 0. The lowest BCUT2D eigenvalue weighted by Gasteiger charge is -2.21. The Bertz CT molecular complexity index is 778. The van der Waals surface area contributed by atoms with E-state index in [0.717, 1.165) is 11.1 Å². The van der Waals surface area contributed by atoms with Crippen LogP contribution >= 0.6 is 0 Å². The van der Waals surface area contributed by atoms with E-state index in [2.05, 4.69) is 0 Å². The highest BCUT2D eigenvalue weighted by Gasteiger charge is 2.22. The molecule has 0 saturated carbocycles. The molecule has 122 valence electrons. The van der Waals surface area contributed by atoms with Gasteiger partial charge in [-0.05, 0) is 41.5 Å². The van der Waals surface area contributed by atoms with E-state index in [1.54, 1.807) is 30.3 Å². The molecule has 0 aliphatic carbocycles. The monoisotopic (exact) mass is 322 g/mol. The Kier molecular flexibility index (Phi) is 4.29. The van der Waals surface area contributed by atoms with Gasteiger partial charge in [0, 0.05) is 11.5 Å². The number of phenolic OH excluding ortho intramolecular Hbond substituents is 3. The SMILES string of the molecule is COc1cccc(C(c2ccc(O)cc2)c2ccc(O)cc2)c1O. The molecular weight excluding hydrogens is 304 g/mol. The number of para-hydroxylation sites is 1. The first-order chi connectivity index (χ1) is 11.6. The zero-order valence-electron chi connectivity index (χ0n) is 13.2. The van der Waals surface area contributed by atoms with E-state index in [1.165, 1.54) is 7.11 Å². The third kappa shape index (κ3) is 2.99. The van der Waals surface area contributed by atoms with Gasteiger partial charge in [0.1, 0.15) is 11.5 Å². The van der Waals surface area contributed by atoms with Crippen molar-refractivity contribution < 1.29 is 20.1 Å². The van der Waals surface area contributed by atoms with Crippen LogP contribution in [0.25, 0.3) is 0 Å². The number of hydrogen-bond donors (Lipinski definition) is 3. The first-order valence-electron chi connectivity index (χ1n) is 7.54. The number of ether oxygens (including phenoxy) is 1. The first-order valence-corrected chi connectivity index (χ1v) is 7.54. The van der Waals surface area contributed by atoms with Crippen LogP contribution in [0, 0.1) is 0 Å². The van der Waals surface area contributed by atoms with Crippen LogP contribution < -0.4 is 4.74 Å². The van der Waals surface area contributed by atoms with Crippen LogP contribution in [-0.4, -0.2) is 22.4 Å². The molecule has 3 aromatic rings. The maximum atomic E-state index is 10.6. The molecular formula is C20H18O4. The lowest BCUT2D eigenvalue weighted by atomic mass is 9.84. The van der Waals surface area contributed by atoms with E-state index in [9.17, 15) is 15.3 Å². The summed E-state index contributed by atoms with van der Waals surface area (Å²) in [6.07, 6.45) is 0. The predicted octanol–water partition coefficient (Wildman–Crippen LogP) is 3.99. The third-order valence-corrected chi connectivity index (χ3v) is 4.01. The molecule has 0 bridgehead atoms. The molecule has 0 spiro atoms. The van der Waals surface area contributed by atoms with Gasteiger partial charge in [0.05, 0.1) is 7.11 Å². The normalized spacial score (nSPS) is 10.8. The smallest absolute Gasteiger partial charge is 0.161 e. The van der Waals surface area contributed by atoms with Gasteiger partial charge in [-0.3, -0.25) is 0 Å². The first kappa shape index (κ1) is 15.7. The number of aromatic hydroxyl groups is 3. The summed E-state index contributed by atoms with van der Waals surface area (Å²) < 4.78 is 5.22. The fourth-order valence-corrected chi connectivity index (χ4v) is 2.82. The van der Waals surface area contributed by atoms with Crippen molar-refractivity contribution in [2.24, 2.45) is 0 Å². The molecule has 0 fully saturated rings. The molecule has 0 saturated heterocycles. The van der Waals surface area contributed by atoms with Gasteiger partial charge >= 0.3 is 0 Å². The van der Waals surface area contributed by atoms with Crippen LogP contribution in [0.15, 0.2) is 66.7 Å². The van der Waals surface area contributed by atoms with Crippen molar-refractivity contribution in [2.45, 2.75) is 5.92 Å². The maximum absolute atomic E-state index is 10.6. The summed E-state index contributed by atoms with van der Waals surface area (Å²) in [5, 5.41) is 29.7. The Labute approximate surface area is 140 Å². The van der Waals surface area contributed by atoms with Crippen molar-refractivity contribution in [3.05, 3.63) is 83.4 Å². The van der Waals surface area contributed by atoms with Crippen molar-refractivity contribution in [3.63, 3.8) is 0 Å². The van der Waals surface area contributed by atoms with Gasteiger partial charge in [-0.2, -0.15) is 0 Å². The van der Waals surface area contributed by atoms with Gasteiger partial charge < -0.3 is 20.1 Å². The van der Waals surface area contributed by atoms with Gasteiger partial charge in [-0.25, -0.2) is 0 Å². The lowest BCUT2D eigenvalue weighted by molar-refractivity contribution is 0.370. The number of rotatable bonds is 4. The number of phenols is 3. The summed E-state index contributed by atoms with van der Waals surface area (Å²) in [6.45, 7) is 0. The van der Waals surface area contributed by atoms with E-state index >= 15 is 0 Å². The van der Waals surface area contributed by atoms with Crippen molar-refractivity contribution in [3.8, 4) is 23.0 Å². The molecule has 24 heavy (non-hydrogen) atoms. The van der Waals surface area contributed by atoms with Crippen molar-refractivity contribution >= 4 is 0 Å². The fourth-order valence-electron chi connectivity index (χ4n) is 2.82. The molecule has 0 atom stereocenters. The van der Waals surface area contributed by atoms with Crippen molar-refractivity contribution in [2.75, 3.05) is 7.11 Å². The van der Waals surface area contributed by atoms with Gasteiger partial charge in [-0.1, -0.05) is 36.4 Å². The van der Waals surface area contributed by atoms with Gasteiger partial charge in [0.2, 0.25) is 0 Å². The lowest BCUT2D eigenvalue weighted by Crippen LogP contribution is -2.04. The Morgan fingerprint density at radius 1 is 0.708 bits per heavy atom. The summed E-state index contributed by atoms with van der Waals surface area (Å²) in [5.74, 6) is 0.568. The summed E-state index contributed by atoms with van der Waals surface area (Å²) in [7, 11) is 1.51. The predicted molar refractivity (Wildman–Crippen MR) is 91.8 cm³/mol. The van der Waals surface area contributed by atoms with E-state index in [-0.39, 0.29) is 23.2 Å². The highest BCUT2D eigenvalue weighted by atomic mass is 16.5. The Hall–Kier alpha value is -3.14. The molecule has 4 nitrogen and oxygen atoms in total. The topological polar surface area (TPSA) is 69.9 Å². The number of methoxy groups -OCH3 is 1. The maximum Gasteiger partial charge on any atom is 0.161 e. The summed E-state index contributed by atoms with van der Waals surface area (Å²) in [5.41, 5.74) is 2.50.